The Morgan fingerprint density at radius 2 is 1.95 bits per heavy atom. The summed E-state index contributed by atoms with van der Waals surface area (Å²) in [6.07, 6.45) is 1.51. The third kappa shape index (κ3) is 5.35. The number of Topliss-reactive ketones (excluding diaryl/α,β-unsaturated/α-hetero) is 1. The van der Waals surface area contributed by atoms with Crippen LogP contribution in [0.25, 0.3) is 22.2 Å². The van der Waals surface area contributed by atoms with Crippen molar-refractivity contribution in [3.63, 3.8) is 0 Å². The molecule has 2 atom stereocenters. The lowest BCUT2D eigenvalue weighted by molar-refractivity contribution is -0.123. The number of benzene rings is 2. The zero-order valence-electron chi connectivity index (χ0n) is 22.6. The second kappa shape index (κ2) is 10.9. The highest BCUT2D eigenvalue weighted by atomic mass is 19.1. The van der Waals surface area contributed by atoms with Crippen molar-refractivity contribution >= 4 is 22.6 Å². The van der Waals surface area contributed by atoms with Crippen molar-refractivity contribution in [2.24, 2.45) is 5.73 Å². The van der Waals surface area contributed by atoms with E-state index in [1.165, 1.54) is 37.3 Å². The van der Waals surface area contributed by atoms with E-state index in [-0.39, 0.29) is 37.5 Å². The molecule has 212 valence electrons. The van der Waals surface area contributed by atoms with Gasteiger partial charge in [-0.25, -0.2) is 13.8 Å². The number of hydrogen-bond donors (Lipinski definition) is 2. The van der Waals surface area contributed by atoms with Crippen LogP contribution >= 0.6 is 0 Å². The number of carbonyl (C=O) groups excluding carboxylic acids is 2. The Morgan fingerprint density at radius 1 is 1.20 bits per heavy atom. The molecule has 0 unspecified atom stereocenters. The number of aromatic nitrogens is 2. The van der Waals surface area contributed by atoms with Crippen LogP contribution in [0, 0.1) is 5.82 Å². The SMILES string of the molecule is C[C@](O)(CCC(=O)c1cc(OCCF)c2ncccc2c1)c1cc2c(c(-c3ccc(F)cc3)n1)OC[C@]2(C)C(N)=O. The first-order valence-electron chi connectivity index (χ1n) is 13.1. The van der Waals surface area contributed by atoms with Gasteiger partial charge in [-0.3, -0.25) is 14.6 Å². The Morgan fingerprint density at radius 3 is 2.66 bits per heavy atom. The molecule has 3 N–H and O–H groups in total. The largest absolute Gasteiger partial charge is 0.489 e. The molecule has 0 bridgehead atoms. The van der Waals surface area contributed by atoms with Gasteiger partial charge in [-0.15, -0.1) is 0 Å². The molecule has 1 aliphatic heterocycles. The number of hydrogen-bond acceptors (Lipinski definition) is 7. The number of fused-ring (bicyclic) bond motifs is 2. The molecule has 0 spiro atoms. The van der Waals surface area contributed by atoms with Gasteiger partial charge in [-0.05, 0) is 68.8 Å². The molecule has 2 aromatic heterocycles. The van der Waals surface area contributed by atoms with Gasteiger partial charge in [0.15, 0.2) is 5.78 Å². The predicted molar refractivity (Wildman–Crippen MR) is 148 cm³/mol. The van der Waals surface area contributed by atoms with Gasteiger partial charge < -0.3 is 20.3 Å². The third-order valence-electron chi connectivity index (χ3n) is 7.45. The zero-order valence-corrected chi connectivity index (χ0v) is 22.6. The zero-order chi connectivity index (χ0) is 29.4. The Hall–Kier alpha value is -4.44. The number of nitrogens with two attached hydrogens (primary N) is 1. The topological polar surface area (TPSA) is 125 Å². The number of rotatable bonds is 10. The Labute approximate surface area is 235 Å². The lowest BCUT2D eigenvalue weighted by atomic mass is 9.81. The van der Waals surface area contributed by atoms with Gasteiger partial charge in [0.1, 0.15) is 59.4 Å². The van der Waals surface area contributed by atoms with Gasteiger partial charge in [-0.1, -0.05) is 6.07 Å². The summed E-state index contributed by atoms with van der Waals surface area (Å²) >= 11 is 0. The number of halogens is 2. The van der Waals surface area contributed by atoms with E-state index in [1.54, 1.807) is 37.4 Å². The van der Waals surface area contributed by atoms with E-state index in [2.05, 4.69) is 9.97 Å². The number of pyridine rings is 2. The third-order valence-corrected chi connectivity index (χ3v) is 7.45. The molecule has 4 aromatic rings. The summed E-state index contributed by atoms with van der Waals surface area (Å²) in [4.78, 5) is 34.7. The summed E-state index contributed by atoms with van der Waals surface area (Å²) in [5.41, 5.74) is 5.30. The van der Waals surface area contributed by atoms with E-state index in [1.807, 2.05) is 0 Å². The van der Waals surface area contributed by atoms with Gasteiger partial charge in [0.25, 0.3) is 0 Å². The molecule has 0 fully saturated rings. The fourth-order valence-corrected chi connectivity index (χ4v) is 4.87. The van der Waals surface area contributed by atoms with Crippen LogP contribution in [0.4, 0.5) is 8.78 Å². The van der Waals surface area contributed by atoms with Crippen molar-refractivity contribution in [2.45, 2.75) is 37.7 Å². The number of aliphatic hydroxyl groups is 1. The lowest BCUT2D eigenvalue weighted by Crippen LogP contribution is -2.40. The Balaban J connectivity index is 1.48. The number of primary amides is 1. The second-order valence-electron chi connectivity index (χ2n) is 10.5. The average molecular weight is 562 g/mol. The summed E-state index contributed by atoms with van der Waals surface area (Å²) in [5, 5.41) is 12.2. The monoisotopic (exact) mass is 561 g/mol. The summed E-state index contributed by atoms with van der Waals surface area (Å²) in [6.45, 7) is 2.30. The van der Waals surface area contributed by atoms with Crippen molar-refractivity contribution in [2.75, 3.05) is 19.9 Å². The Kier molecular flexibility index (Phi) is 7.44. The first kappa shape index (κ1) is 28.1. The molecule has 8 nitrogen and oxygen atoms in total. The van der Waals surface area contributed by atoms with Gasteiger partial charge in [-0.2, -0.15) is 0 Å². The highest BCUT2D eigenvalue weighted by molar-refractivity contribution is 6.01. The van der Waals surface area contributed by atoms with Crippen molar-refractivity contribution < 1.29 is 33.0 Å². The molecular formula is C31H29F2N3O5. The van der Waals surface area contributed by atoms with Crippen LogP contribution in [0.1, 0.15) is 48.3 Å². The minimum Gasteiger partial charge on any atom is -0.489 e. The maximum absolute atomic E-state index is 13.6. The van der Waals surface area contributed by atoms with Crippen LogP contribution < -0.4 is 15.2 Å². The smallest absolute Gasteiger partial charge is 0.231 e. The summed E-state index contributed by atoms with van der Waals surface area (Å²) in [7, 11) is 0. The van der Waals surface area contributed by atoms with E-state index in [4.69, 9.17) is 15.2 Å². The van der Waals surface area contributed by atoms with Crippen molar-refractivity contribution in [3.8, 4) is 22.8 Å². The van der Waals surface area contributed by atoms with E-state index in [9.17, 15) is 23.5 Å². The van der Waals surface area contributed by atoms with Crippen LogP contribution in [0.15, 0.2) is 60.8 Å². The van der Waals surface area contributed by atoms with E-state index < -0.39 is 29.4 Å². The van der Waals surface area contributed by atoms with E-state index in [0.717, 1.165) is 0 Å². The van der Waals surface area contributed by atoms with Crippen LogP contribution in [0.3, 0.4) is 0 Å². The van der Waals surface area contributed by atoms with Crippen LogP contribution in [-0.2, 0) is 15.8 Å². The number of carbonyl (C=O) groups is 2. The standard InChI is InChI=1S/C31H29F2N3O5/c1-30(29(34)38)17-41-28-22(30)16-25(36-27(28)18-5-7-21(33)8-6-18)31(2,39)10-9-23(37)20-14-19-4-3-12-35-26(19)24(15-20)40-13-11-32/h3-8,12,14-16,39H,9-11,13,17H2,1-2H3,(H2,34,38)/t30-,31-/m0/s1. The highest BCUT2D eigenvalue weighted by Gasteiger charge is 2.45. The van der Waals surface area contributed by atoms with Gasteiger partial charge >= 0.3 is 0 Å². The molecule has 1 aliphatic rings. The maximum Gasteiger partial charge on any atom is 0.231 e. The fraction of sp³-hybridized carbons (Fsp3) is 0.290. The number of nitrogens with zero attached hydrogens (tertiary/aromatic N) is 2. The number of ether oxygens (including phenoxy) is 2. The maximum atomic E-state index is 13.6. The molecule has 0 saturated carbocycles. The predicted octanol–water partition coefficient (Wildman–Crippen LogP) is 4.79. The summed E-state index contributed by atoms with van der Waals surface area (Å²) in [6, 6.07) is 13.9. The Bertz CT molecular complexity index is 1640. The minimum absolute atomic E-state index is 0.0126. The van der Waals surface area contributed by atoms with Crippen molar-refractivity contribution in [1.82, 2.24) is 9.97 Å². The van der Waals surface area contributed by atoms with Gasteiger partial charge in [0.05, 0.1) is 5.69 Å². The molecular weight excluding hydrogens is 532 g/mol. The summed E-state index contributed by atoms with van der Waals surface area (Å²) in [5.74, 6) is -0.682. The quantitative estimate of drug-likeness (QED) is 0.267. The van der Waals surface area contributed by atoms with Crippen LogP contribution in [0.2, 0.25) is 0 Å². The van der Waals surface area contributed by atoms with Gasteiger partial charge in [0, 0.05) is 34.7 Å². The molecule has 5 rings (SSSR count). The second-order valence-corrected chi connectivity index (χ2v) is 10.5. The van der Waals surface area contributed by atoms with Crippen molar-refractivity contribution in [3.05, 3.63) is 83.4 Å². The molecule has 10 heteroatoms. The summed E-state index contributed by atoms with van der Waals surface area (Å²) < 4.78 is 37.8. The lowest BCUT2D eigenvalue weighted by Gasteiger charge is -2.26. The van der Waals surface area contributed by atoms with E-state index in [0.29, 0.717) is 44.8 Å². The normalized spacial score (nSPS) is 17.5. The number of amides is 1. The van der Waals surface area contributed by atoms with E-state index >= 15 is 0 Å². The first-order chi connectivity index (χ1) is 19.5. The number of ketones is 1. The molecule has 1 amide bonds. The molecule has 0 saturated heterocycles. The van der Waals surface area contributed by atoms with Crippen LogP contribution in [0.5, 0.6) is 11.5 Å². The number of alkyl halides is 1. The van der Waals surface area contributed by atoms with Crippen LogP contribution in [-0.4, -0.2) is 46.7 Å². The fourth-order valence-electron chi connectivity index (χ4n) is 4.87. The average Bonchev–Trinajstić information content (AvgIpc) is 3.32. The molecule has 0 radical (unpaired) electrons. The minimum atomic E-state index is -1.60. The highest BCUT2D eigenvalue weighted by Crippen LogP contribution is 2.46. The van der Waals surface area contributed by atoms with Gasteiger partial charge in [0.2, 0.25) is 5.91 Å². The molecule has 3 heterocycles. The molecule has 41 heavy (non-hydrogen) atoms. The molecule has 2 aromatic carbocycles. The van der Waals surface area contributed by atoms with Crippen molar-refractivity contribution in [1.29, 1.82) is 0 Å². The first-order valence-corrected chi connectivity index (χ1v) is 13.1. The molecule has 0 aliphatic carbocycles.